The molecular formula is C22H20F3N5O3. The van der Waals surface area contributed by atoms with Crippen LogP contribution in [0.3, 0.4) is 0 Å². The molecule has 3 aromatic rings. The minimum Gasteiger partial charge on any atom is -0.424 e. The number of urea groups is 1. The number of halogens is 3. The predicted molar refractivity (Wildman–Crippen MR) is 112 cm³/mol. The van der Waals surface area contributed by atoms with E-state index in [0.717, 1.165) is 5.56 Å². The summed E-state index contributed by atoms with van der Waals surface area (Å²) in [4.78, 5) is 21.4. The molecule has 1 unspecified atom stereocenters. The van der Waals surface area contributed by atoms with Crippen molar-refractivity contribution in [3.8, 4) is 11.8 Å². The number of aromatic nitrogens is 3. The second-order valence-electron chi connectivity index (χ2n) is 7.59. The Morgan fingerprint density at radius 1 is 1.27 bits per heavy atom. The van der Waals surface area contributed by atoms with E-state index in [-0.39, 0.29) is 18.0 Å². The molecule has 1 N–H and O–H groups in total. The average molecular weight is 459 g/mol. The fourth-order valence-electron chi connectivity index (χ4n) is 3.42. The lowest BCUT2D eigenvalue weighted by molar-refractivity contribution is -0.138. The summed E-state index contributed by atoms with van der Waals surface area (Å²) in [5.74, 6) is 0.539. The van der Waals surface area contributed by atoms with Crippen LogP contribution in [-0.2, 0) is 6.18 Å². The lowest BCUT2D eigenvalue weighted by Gasteiger charge is -2.33. The zero-order valence-electron chi connectivity index (χ0n) is 17.5. The Kier molecular flexibility index (Phi) is 6.29. The first kappa shape index (κ1) is 22.3. The summed E-state index contributed by atoms with van der Waals surface area (Å²) < 4.78 is 48.2. The average Bonchev–Trinajstić information content (AvgIpc) is 3.28. The number of hydrogen-bond acceptors (Lipinski definition) is 6. The van der Waals surface area contributed by atoms with Gasteiger partial charge in [0.1, 0.15) is 17.7 Å². The van der Waals surface area contributed by atoms with Crippen LogP contribution in [0.25, 0.3) is 6.08 Å². The second-order valence-corrected chi connectivity index (χ2v) is 7.59. The Labute approximate surface area is 187 Å². The van der Waals surface area contributed by atoms with Crippen molar-refractivity contribution >= 4 is 17.8 Å². The standard InChI is InChI=1S/C22H20F3N5O3/c1-14-12-30(21(31)29-18-11-28-32-13-18)6-5-16(14)7-15-3-2-4-19(8-15)33-20-26-9-17(10-27-20)22(23,24)25/h2-4,7-11,13-14H,5-6,12H2,1H3,(H,29,31)/b16-7+. The van der Waals surface area contributed by atoms with Gasteiger partial charge in [-0.15, -0.1) is 0 Å². The van der Waals surface area contributed by atoms with Crippen molar-refractivity contribution in [2.24, 2.45) is 5.92 Å². The summed E-state index contributed by atoms with van der Waals surface area (Å²) in [5, 5.41) is 6.30. The molecule has 0 spiro atoms. The molecule has 11 heteroatoms. The van der Waals surface area contributed by atoms with Gasteiger partial charge in [-0.05, 0) is 30.0 Å². The van der Waals surface area contributed by atoms with Crippen LogP contribution in [0.4, 0.5) is 23.7 Å². The van der Waals surface area contributed by atoms with Crippen LogP contribution < -0.4 is 10.1 Å². The molecular weight excluding hydrogens is 439 g/mol. The van der Waals surface area contributed by atoms with Gasteiger partial charge in [-0.25, -0.2) is 14.8 Å². The molecule has 0 saturated carbocycles. The lowest BCUT2D eigenvalue weighted by Crippen LogP contribution is -2.42. The van der Waals surface area contributed by atoms with Gasteiger partial charge in [-0.3, -0.25) is 0 Å². The van der Waals surface area contributed by atoms with Crippen molar-refractivity contribution in [1.29, 1.82) is 0 Å². The maximum atomic E-state index is 12.6. The number of hydrogen-bond donors (Lipinski definition) is 1. The zero-order chi connectivity index (χ0) is 23.4. The van der Waals surface area contributed by atoms with Gasteiger partial charge in [0, 0.05) is 25.5 Å². The number of nitrogens with one attached hydrogen (secondary N) is 1. The van der Waals surface area contributed by atoms with Gasteiger partial charge < -0.3 is 19.5 Å². The van der Waals surface area contributed by atoms with Crippen molar-refractivity contribution in [1.82, 2.24) is 20.0 Å². The van der Waals surface area contributed by atoms with Crippen LogP contribution in [0.1, 0.15) is 24.5 Å². The molecule has 33 heavy (non-hydrogen) atoms. The maximum Gasteiger partial charge on any atom is 0.419 e. The first-order valence-corrected chi connectivity index (χ1v) is 10.1. The van der Waals surface area contributed by atoms with E-state index in [0.29, 0.717) is 43.3 Å². The van der Waals surface area contributed by atoms with Gasteiger partial charge in [0.05, 0.1) is 11.8 Å². The van der Waals surface area contributed by atoms with Gasteiger partial charge in [-0.1, -0.05) is 35.9 Å². The number of likely N-dealkylation sites (tertiary alicyclic amines) is 1. The SMILES string of the molecule is CC1CN(C(=O)Nc2cnoc2)CC/C1=C\c1cccc(Oc2ncc(C(F)(F)F)cn2)c1. The number of carbonyl (C=O) groups excluding carboxylic acids is 1. The first-order chi connectivity index (χ1) is 15.8. The molecule has 0 aliphatic carbocycles. The molecule has 1 fully saturated rings. The van der Waals surface area contributed by atoms with Gasteiger partial charge >= 0.3 is 18.2 Å². The summed E-state index contributed by atoms with van der Waals surface area (Å²) in [6, 6.07) is 6.71. The minimum absolute atomic E-state index is 0.134. The third-order valence-corrected chi connectivity index (χ3v) is 5.14. The van der Waals surface area contributed by atoms with E-state index >= 15 is 0 Å². The van der Waals surface area contributed by atoms with Crippen molar-refractivity contribution < 1.29 is 27.2 Å². The minimum atomic E-state index is -4.51. The van der Waals surface area contributed by atoms with Gasteiger partial charge in [-0.2, -0.15) is 13.2 Å². The third kappa shape index (κ3) is 5.68. The number of piperidine rings is 1. The molecule has 172 valence electrons. The summed E-state index contributed by atoms with van der Waals surface area (Å²) in [6.07, 6.45) is 2.38. The summed E-state index contributed by atoms with van der Waals surface area (Å²) >= 11 is 0. The van der Waals surface area contributed by atoms with E-state index in [4.69, 9.17) is 9.26 Å². The van der Waals surface area contributed by atoms with E-state index < -0.39 is 11.7 Å². The third-order valence-electron chi connectivity index (χ3n) is 5.14. The molecule has 8 nitrogen and oxygen atoms in total. The Hall–Kier alpha value is -3.89. The molecule has 1 saturated heterocycles. The highest BCUT2D eigenvalue weighted by molar-refractivity contribution is 5.89. The van der Waals surface area contributed by atoms with Gasteiger partial charge in [0.2, 0.25) is 0 Å². The number of amides is 2. The van der Waals surface area contributed by atoms with Crippen LogP contribution in [-0.4, -0.2) is 39.1 Å². The summed E-state index contributed by atoms with van der Waals surface area (Å²) in [5.41, 5.74) is 1.60. The molecule has 3 heterocycles. The molecule has 2 aromatic heterocycles. The predicted octanol–water partition coefficient (Wildman–Crippen LogP) is 5.23. The van der Waals surface area contributed by atoms with Crippen LogP contribution in [0.15, 0.2) is 59.2 Å². The molecule has 2 amide bonds. The second kappa shape index (κ2) is 9.31. The number of benzene rings is 1. The van der Waals surface area contributed by atoms with Crippen LogP contribution in [0.5, 0.6) is 11.8 Å². The van der Waals surface area contributed by atoms with E-state index in [1.165, 1.54) is 18.0 Å². The highest BCUT2D eigenvalue weighted by Gasteiger charge is 2.31. The fraction of sp³-hybridized carbons (Fsp3) is 0.273. The monoisotopic (exact) mass is 459 g/mol. The molecule has 4 rings (SSSR count). The molecule has 1 aliphatic heterocycles. The van der Waals surface area contributed by atoms with Gasteiger partial charge in [0.25, 0.3) is 0 Å². The normalized spacial score (nSPS) is 17.8. The lowest BCUT2D eigenvalue weighted by atomic mass is 9.91. The van der Waals surface area contributed by atoms with Crippen LogP contribution >= 0.6 is 0 Å². The number of alkyl halides is 3. The van der Waals surface area contributed by atoms with Crippen molar-refractivity contribution in [2.75, 3.05) is 18.4 Å². The number of nitrogens with zero attached hydrogens (tertiary/aromatic N) is 4. The molecule has 0 radical (unpaired) electrons. The van der Waals surface area contributed by atoms with Crippen LogP contribution in [0, 0.1) is 5.92 Å². The van der Waals surface area contributed by atoms with Gasteiger partial charge in [0.15, 0.2) is 0 Å². The molecule has 1 aliphatic rings. The fourth-order valence-corrected chi connectivity index (χ4v) is 3.42. The highest BCUT2D eigenvalue weighted by Crippen LogP contribution is 2.30. The summed E-state index contributed by atoms with van der Waals surface area (Å²) in [6.45, 7) is 3.16. The number of ether oxygens (including phenoxy) is 1. The summed E-state index contributed by atoms with van der Waals surface area (Å²) in [7, 11) is 0. The van der Waals surface area contributed by atoms with Crippen molar-refractivity contribution in [3.63, 3.8) is 0 Å². The Balaban J connectivity index is 1.39. The van der Waals surface area contributed by atoms with Crippen molar-refractivity contribution in [3.05, 3.63) is 65.8 Å². The van der Waals surface area contributed by atoms with E-state index in [2.05, 4.69) is 20.4 Å². The molecule has 1 aromatic carbocycles. The largest absolute Gasteiger partial charge is 0.424 e. The Morgan fingerprint density at radius 3 is 2.73 bits per heavy atom. The number of rotatable bonds is 4. The van der Waals surface area contributed by atoms with E-state index in [9.17, 15) is 18.0 Å². The Bertz CT molecular complexity index is 1130. The van der Waals surface area contributed by atoms with E-state index in [1.54, 1.807) is 23.1 Å². The first-order valence-electron chi connectivity index (χ1n) is 10.1. The maximum absolute atomic E-state index is 12.6. The molecule has 0 bridgehead atoms. The smallest absolute Gasteiger partial charge is 0.419 e. The Morgan fingerprint density at radius 2 is 2.06 bits per heavy atom. The zero-order valence-corrected chi connectivity index (χ0v) is 17.5. The highest BCUT2D eigenvalue weighted by atomic mass is 19.4. The quantitative estimate of drug-likeness (QED) is 0.574. The topological polar surface area (TPSA) is 93.4 Å². The number of carbonyl (C=O) groups is 1. The van der Waals surface area contributed by atoms with E-state index in [1.807, 2.05) is 19.1 Å². The van der Waals surface area contributed by atoms with Crippen LogP contribution in [0.2, 0.25) is 0 Å². The number of anilines is 1. The van der Waals surface area contributed by atoms with Crippen molar-refractivity contribution in [2.45, 2.75) is 19.5 Å². The molecule has 1 atom stereocenters.